The zero-order valence-electron chi connectivity index (χ0n) is 39.5. The van der Waals surface area contributed by atoms with Gasteiger partial charge in [-0.25, -0.2) is 4.79 Å². The van der Waals surface area contributed by atoms with E-state index >= 15 is 0 Å². The first kappa shape index (κ1) is 56.2. The fourth-order valence-corrected chi connectivity index (χ4v) is 10.4. The molecule has 0 amide bonds. The van der Waals surface area contributed by atoms with E-state index < -0.39 is 5.97 Å². The number of quaternary nitrogens is 1. The topological polar surface area (TPSA) is 65.5 Å². The number of carboxylic acids is 1. The number of rotatable bonds is 9. The van der Waals surface area contributed by atoms with Crippen molar-refractivity contribution in [3.8, 4) is 52.7 Å². The second-order valence-corrected chi connectivity index (χ2v) is 23.1. The van der Waals surface area contributed by atoms with Gasteiger partial charge in [-0.05, 0) is 139 Å². The fourth-order valence-electron chi connectivity index (χ4n) is 6.93. The molecule has 1 heterocycles. The van der Waals surface area contributed by atoms with Gasteiger partial charge < -0.3 is 10.0 Å². The SMILES string of the molecule is CCP(CC)CC.CCP(CC)CC.[C]#Cc1cc(C#Cc2ccc([NH+](C)C)cc2)cc(C#Cc2ccc3c(c2)C(C)(C)c2ccccc2-3)c1.[C]#Cc1ccc(/C=C(\C#[NH+])C(=O)O)s1.[Pt]. The maximum atomic E-state index is 10.5. The van der Waals surface area contributed by atoms with Gasteiger partial charge in [0.25, 0.3) is 0 Å². The van der Waals surface area contributed by atoms with Crippen LogP contribution in [0.1, 0.15) is 104 Å². The van der Waals surface area contributed by atoms with E-state index in [0.29, 0.717) is 31.2 Å². The molecule has 0 fully saturated rings. The summed E-state index contributed by atoms with van der Waals surface area (Å²) in [6.45, 7) is 18.3. The van der Waals surface area contributed by atoms with E-state index in [1.807, 2.05) is 36.4 Å². The monoisotopic (exact) mass is 1100 g/mol. The van der Waals surface area contributed by atoms with Crippen LogP contribution in [0, 0.1) is 54.4 Å². The van der Waals surface area contributed by atoms with Crippen LogP contribution in [-0.2, 0) is 31.3 Å². The fraction of sp³-hybridized carbons (Fsp3) is 0.298. The van der Waals surface area contributed by atoms with E-state index in [2.05, 4.69) is 160 Å². The zero-order chi connectivity index (χ0) is 47.2. The largest absolute Gasteiger partial charge is 0.477 e. The Balaban J connectivity index is 0.000000409. The number of fused-ring (bicyclic) bond motifs is 3. The Morgan fingerprint density at radius 1 is 0.662 bits per heavy atom. The van der Waals surface area contributed by atoms with Gasteiger partial charge >= 0.3 is 12.0 Å². The normalized spacial score (nSPS) is 11.3. The molecule has 0 aliphatic heterocycles. The van der Waals surface area contributed by atoms with Gasteiger partial charge in [-0.15, -0.1) is 27.2 Å². The minimum atomic E-state index is -1.19. The molecule has 8 heteroatoms. The summed E-state index contributed by atoms with van der Waals surface area (Å²) in [6.07, 6.45) is 24.3. The predicted octanol–water partition coefficient (Wildman–Crippen LogP) is 10.5. The Kier molecular flexibility index (Phi) is 24.9. The Morgan fingerprint density at radius 2 is 1.15 bits per heavy atom. The summed E-state index contributed by atoms with van der Waals surface area (Å²) >= 11 is 1.23. The molecule has 65 heavy (non-hydrogen) atoms. The van der Waals surface area contributed by atoms with Crippen LogP contribution in [0.15, 0.2) is 103 Å². The van der Waals surface area contributed by atoms with Gasteiger partial charge in [0.2, 0.25) is 0 Å². The average Bonchev–Trinajstić information content (AvgIpc) is 3.87. The molecule has 0 unspecified atom stereocenters. The third-order valence-electron chi connectivity index (χ3n) is 10.9. The Morgan fingerprint density at radius 3 is 1.62 bits per heavy atom. The van der Waals surface area contributed by atoms with Crippen molar-refractivity contribution in [3.63, 3.8) is 0 Å². The molecule has 3 N–H and O–H groups in total. The van der Waals surface area contributed by atoms with E-state index in [1.54, 1.807) is 12.1 Å². The van der Waals surface area contributed by atoms with Crippen LogP contribution < -0.4 is 10.2 Å². The number of thiophene rings is 1. The van der Waals surface area contributed by atoms with Crippen molar-refractivity contribution < 1.29 is 41.1 Å². The molecule has 336 valence electrons. The van der Waals surface area contributed by atoms with Crippen molar-refractivity contribution in [1.82, 2.24) is 0 Å². The van der Waals surface area contributed by atoms with Crippen molar-refractivity contribution in [2.75, 3.05) is 51.1 Å². The second-order valence-electron chi connectivity index (χ2n) is 15.5. The van der Waals surface area contributed by atoms with E-state index in [1.165, 1.54) is 87.2 Å². The van der Waals surface area contributed by atoms with Crippen LogP contribution in [0.2, 0.25) is 0 Å². The summed E-state index contributed by atoms with van der Waals surface area (Å²) < 4.78 is 0. The molecule has 0 spiro atoms. The number of benzene rings is 4. The molecule has 0 bridgehead atoms. The standard InChI is InChI=1S/C35H26N.C10H4NO2S.2C6H15P.Pt/c1-6-25-21-28(13-11-26-15-18-30(19-16-26)36(4)5)23-29(22-25)14-12-27-17-20-32-31-9-7-8-10-33(31)35(2,3)34(32)24-27;1-2-8-3-4-9(14-8)5-7(6-11)10(12)13;2*1-4-7(5-2)6-3;/h7-10,15-24H,2-5H3;3-5H,(H,12,13);2*4-6H2,1-3H3;/p+2/b;7-5+;;;. The molecular weight excluding hydrogens is 1030 g/mol. The average molecular weight is 1100 g/mol. The molecule has 1 aliphatic rings. The molecule has 6 rings (SSSR count). The molecule has 0 saturated carbocycles. The van der Waals surface area contributed by atoms with E-state index in [4.69, 9.17) is 23.2 Å². The number of hydrogen-bond acceptors (Lipinski definition) is 2. The van der Waals surface area contributed by atoms with Crippen LogP contribution in [0.3, 0.4) is 0 Å². The first-order valence-corrected chi connectivity index (χ1v) is 26.4. The number of carbonyl (C=O) groups is 1. The summed E-state index contributed by atoms with van der Waals surface area (Å²) in [5.74, 6) is 16.6. The number of aliphatic carboxylic acids is 1. The second kappa shape index (κ2) is 28.8. The maximum absolute atomic E-state index is 10.5. The quantitative estimate of drug-likeness (QED) is 0.0596. The third-order valence-corrected chi connectivity index (χ3v) is 17.2. The van der Waals surface area contributed by atoms with Crippen molar-refractivity contribution in [2.45, 2.75) is 60.8 Å². The molecule has 0 saturated heterocycles. The molecule has 0 atom stereocenters. The summed E-state index contributed by atoms with van der Waals surface area (Å²) in [5, 5.41) is 15.3. The van der Waals surface area contributed by atoms with Crippen molar-refractivity contribution >= 4 is 44.9 Å². The molecule has 1 aliphatic carbocycles. The van der Waals surface area contributed by atoms with Crippen molar-refractivity contribution in [3.05, 3.63) is 164 Å². The van der Waals surface area contributed by atoms with Gasteiger partial charge in [0.05, 0.1) is 19.0 Å². The Labute approximate surface area is 412 Å². The first-order valence-electron chi connectivity index (χ1n) is 21.8. The van der Waals surface area contributed by atoms with Gasteiger partial charge in [-0.3, -0.25) is 0 Å². The van der Waals surface area contributed by atoms with Crippen LogP contribution in [0.4, 0.5) is 5.69 Å². The minimum Gasteiger partial charge on any atom is -0.477 e. The van der Waals surface area contributed by atoms with Crippen LogP contribution in [0.5, 0.6) is 0 Å². The third kappa shape index (κ3) is 17.1. The van der Waals surface area contributed by atoms with Crippen molar-refractivity contribution in [2.24, 2.45) is 0 Å². The van der Waals surface area contributed by atoms with Gasteiger partial charge in [0.1, 0.15) is 5.69 Å². The van der Waals surface area contributed by atoms with E-state index in [9.17, 15) is 4.79 Å². The number of nitrogens with one attached hydrogen (secondary N) is 2. The molecule has 4 aromatic carbocycles. The molecular formula is C57H62N2O2P2PtS+2. The zero-order valence-corrected chi connectivity index (χ0v) is 44.4. The van der Waals surface area contributed by atoms with Gasteiger partial charge in [0, 0.05) is 71.3 Å². The molecule has 5 aromatic rings. The number of hydrogen-bond donors (Lipinski definition) is 3. The molecule has 4 nitrogen and oxygen atoms in total. The van der Waals surface area contributed by atoms with Crippen LogP contribution >= 0.6 is 27.2 Å². The van der Waals surface area contributed by atoms with Gasteiger partial charge in [0.15, 0.2) is 5.57 Å². The van der Waals surface area contributed by atoms with E-state index in [-0.39, 0.29) is 32.1 Å². The first-order chi connectivity index (χ1) is 30.7. The Bertz CT molecular complexity index is 2600. The minimum absolute atomic E-state index is 0. The molecule has 1 aromatic heterocycles. The van der Waals surface area contributed by atoms with E-state index in [0.717, 1.165) is 22.3 Å². The van der Waals surface area contributed by atoms with Crippen molar-refractivity contribution in [1.29, 1.82) is 0 Å². The summed E-state index contributed by atoms with van der Waals surface area (Å²) in [5.41, 5.74) is 10.5. The maximum Gasteiger partial charge on any atom is 0.350 e. The predicted molar refractivity (Wildman–Crippen MR) is 276 cm³/mol. The summed E-state index contributed by atoms with van der Waals surface area (Å²) in [6, 6.07) is 34.3. The number of carboxylic acid groups (broad SMARTS) is 1. The van der Waals surface area contributed by atoms with Crippen LogP contribution in [-0.4, -0.2) is 62.1 Å². The van der Waals surface area contributed by atoms with Crippen LogP contribution in [0.25, 0.3) is 17.2 Å². The van der Waals surface area contributed by atoms with Gasteiger partial charge in [-0.1, -0.05) is 121 Å². The summed E-state index contributed by atoms with van der Waals surface area (Å²) in [7, 11) is 5.10. The Hall–Kier alpha value is -4.97. The van der Waals surface area contributed by atoms with Gasteiger partial charge in [-0.2, -0.15) is 0 Å². The molecule has 2 radical (unpaired) electrons. The summed E-state index contributed by atoms with van der Waals surface area (Å²) in [4.78, 5) is 13.1. The smallest absolute Gasteiger partial charge is 0.350 e.